The van der Waals surface area contributed by atoms with Gasteiger partial charge in [-0.1, -0.05) is 26.0 Å². The van der Waals surface area contributed by atoms with Crippen LogP contribution in [-0.2, 0) is 0 Å². The summed E-state index contributed by atoms with van der Waals surface area (Å²) < 4.78 is 0. The second kappa shape index (κ2) is 4.55. The van der Waals surface area contributed by atoms with Crippen LogP contribution in [0.25, 0.3) is 11.0 Å². The van der Waals surface area contributed by atoms with Gasteiger partial charge in [-0.15, -0.1) is 0 Å². The first-order valence-corrected chi connectivity index (χ1v) is 4.54. The lowest BCUT2D eigenvalue weighted by Crippen LogP contribution is -1.83. The van der Waals surface area contributed by atoms with Gasteiger partial charge in [-0.05, 0) is 18.6 Å². The molecule has 2 heteroatoms. The first-order valence-electron chi connectivity index (χ1n) is 4.54. The van der Waals surface area contributed by atoms with Crippen LogP contribution in [0.1, 0.15) is 19.4 Å². The number of fused-ring (bicyclic) bond motifs is 1. The maximum atomic E-state index is 4.22. The van der Waals surface area contributed by atoms with E-state index in [2.05, 4.69) is 9.97 Å². The van der Waals surface area contributed by atoms with Crippen LogP contribution in [0.15, 0.2) is 30.6 Å². The SMILES string of the molecule is CC.Cc1cccc2nccnc12. The van der Waals surface area contributed by atoms with Gasteiger partial charge >= 0.3 is 0 Å². The lowest BCUT2D eigenvalue weighted by atomic mass is 10.2. The number of para-hydroxylation sites is 1. The van der Waals surface area contributed by atoms with Crippen LogP contribution >= 0.6 is 0 Å². The van der Waals surface area contributed by atoms with Crippen LogP contribution in [-0.4, -0.2) is 9.97 Å². The van der Waals surface area contributed by atoms with E-state index >= 15 is 0 Å². The smallest absolute Gasteiger partial charge is 0.0915 e. The summed E-state index contributed by atoms with van der Waals surface area (Å²) in [5.74, 6) is 0. The van der Waals surface area contributed by atoms with Crippen molar-refractivity contribution in [2.75, 3.05) is 0 Å². The number of aryl methyl sites for hydroxylation is 1. The molecule has 13 heavy (non-hydrogen) atoms. The van der Waals surface area contributed by atoms with Crippen LogP contribution in [0, 0.1) is 6.92 Å². The summed E-state index contributed by atoms with van der Waals surface area (Å²) >= 11 is 0. The maximum Gasteiger partial charge on any atom is 0.0915 e. The lowest BCUT2D eigenvalue weighted by Gasteiger charge is -1.96. The fraction of sp³-hybridized carbons (Fsp3) is 0.273. The predicted octanol–water partition coefficient (Wildman–Crippen LogP) is 2.96. The Morgan fingerprint density at radius 3 is 2.38 bits per heavy atom. The number of benzene rings is 1. The monoisotopic (exact) mass is 174 g/mol. The van der Waals surface area contributed by atoms with Gasteiger partial charge in [-0.25, -0.2) is 0 Å². The largest absolute Gasteiger partial charge is 0.253 e. The topological polar surface area (TPSA) is 25.8 Å². The molecule has 2 aromatic rings. The molecule has 0 fully saturated rings. The van der Waals surface area contributed by atoms with E-state index in [9.17, 15) is 0 Å². The summed E-state index contributed by atoms with van der Waals surface area (Å²) in [6.45, 7) is 6.04. The first-order chi connectivity index (χ1) is 6.38. The second-order valence-corrected chi connectivity index (χ2v) is 2.50. The van der Waals surface area contributed by atoms with Crippen molar-refractivity contribution < 1.29 is 0 Å². The summed E-state index contributed by atoms with van der Waals surface area (Å²) in [7, 11) is 0. The molecule has 0 aliphatic carbocycles. The molecule has 1 aromatic carbocycles. The molecular weight excluding hydrogens is 160 g/mol. The zero-order chi connectivity index (χ0) is 9.68. The molecule has 1 aromatic heterocycles. The maximum absolute atomic E-state index is 4.22. The van der Waals surface area contributed by atoms with Crippen molar-refractivity contribution in [3.05, 3.63) is 36.2 Å². The van der Waals surface area contributed by atoms with E-state index in [1.165, 1.54) is 5.56 Å². The minimum Gasteiger partial charge on any atom is -0.253 e. The normalized spacial score (nSPS) is 9.15. The van der Waals surface area contributed by atoms with Crippen molar-refractivity contribution in [3.63, 3.8) is 0 Å². The van der Waals surface area contributed by atoms with Crippen molar-refractivity contribution in [3.8, 4) is 0 Å². The molecule has 0 amide bonds. The summed E-state index contributed by atoms with van der Waals surface area (Å²) in [5.41, 5.74) is 3.14. The van der Waals surface area contributed by atoms with Gasteiger partial charge in [0.15, 0.2) is 0 Å². The van der Waals surface area contributed by atoms with E-state index in [1.807, 2.05) is 39.0 Å². The minimum absolute atomic E-state index is 0.965. The number of hydrogen-bond donors (Lipinski definition) is 0. The highest BCUT2D eigenvalue weighted by atomic mass is 14.8. The molecule has 0 atom stereocenters. The van der Waals surface area contributed by atoms with Crippen LogP contribution in [0.3, 0.4) is 0 Å². The Balaban J connectivity index is 0.000000396. The third kappa shape index (κ3) is 2.02. The number of hydrogen-bond acceptors (Lipinski definition) is 2. The van der Waals surface area contributed by atoms with Crippen LogP contribution in [0.2, 0.25) is 0 Å². The number of rotatable bonds is 0. The second-order valence-electron chi connectivity index (χ2n) is 2.50. The highest BCUT2D eigenvalue weighted by Crippen LogP contribution is 2.11. The Hall–Kier alpha value is -1.44. The molecule has 0 aliphatic rings. The fourth-order valence-electron chi connectivity index (χ4n) is 1.14. The molecule has 2 rings (SSSR count). The van der Waals surface area contributed by atoms with Gasteiger partial charge in [0.05, 0.1) is 11.0 Å². The molecule has 0 aliphatic heterocycles. The third-order valence-corrected chi connectivity index (χ3v) is 1.70. The summed E-state index contributed by atoms with van der Waals surface area (Å²) in [5, 5.41) is 0. The van der Waals surface area contributed by atoms with E-state index < -0.39 is 0 Å². The van der Waals surface area contributed by atoms with Gasteiger partial charge in [0.1, 0.15) is 0 Å². The zero-order valence-corrected chi connectivity index (χ0v) is 8.28. The standard InChI is InChI=1S/C9H8N2.C2H6/c1-7-3-2-4-8-9(7)11-6-5-10-8;1-2/h2-6H,1H3;1-2H3. The predicted molar refractivity (Wildman–Crippen MR) is 55.6 cm³/mol. The average molecular weight is 174 g/mol. The quantitative estimate of drug-likeness (QED) is 0.613. The van der Waals surface area contributed by atoms with E-state index in [0.717, 1.165) is 11.0 Å². The molecule has 0 saturated heterocycles. The molecular formula is C11H14N2. The van der Waals surface area contributed by atoms with Gasteiger partial charge in [0.2, 0.25) is 0 Å². The van der Waals surface area contributed by atoms with Crippen LogP contribution in [0.4, 0.5) is 0 Å². The van der Waals surface area contributed by atoms with Crippen molar-refractivity contribution in [2.45, 2.75) is 20.8 Å². The van der Waals surface area contributed by atoms with Crippen LogP contribution < -0.4 is 0 Å². The van der Waals surface area contributed by atoms with Crippen LogP contribution in [0.5, 0.6) is 0 Å². The molecule has 0 bridgehead atoms. The molecule has 0 spiro atoms. The van der Waals surface area contributed by atoms with Crippen molar-refractivity contribution in [1.82, 2.24) is 9.97 Å². The lowest BCUT2D eigenvalue weighted by molar-refractivity contribution is 1.27. The Morgan fingerprint density at radius 2 is 1.69 bits per heavy atom. The average Bonchev–Trinajstić information content (AvgIpc) is 2.22. The summed E-state index contributed by atoms with van der Waals surface area (Å²) in [4.78, 5) is 8.40. The van der Waals surface area contributed by atoms with Crippen molar-refractivity contribution in [1.29, 1.82) is 0 Å². The Morgan fingerprint density at radius 1 is 1.00 bits per heavy atom. The minimum atomic E-state index is 0.965. The zero-order valence-electron chi connectivity index (χ0n) is 8.28. The summed E-state index contributed by atoms with van der Waals surface area (Å²) in [6.07, 6.45) is 3.43. The third-order valence-electron chi connectivity index (χ3n) is 1.70. The van der Waals surface area contributed by atoms with Crippen molar-refractivity contribution >= 4 is 11.0 Å². The molecule has 0 unspecified atom stereocenters. The molecule has 0 radical (unpaired) electrons. The number of aromatic nitrogens is 2. The van der Waals surface area contributed by atoms with Gasteiger partial charge in [-0.2, -0.15) is 0 Å². The Bertz CT molecular complexity index is 377. The van der Waals surface area contributed by atoms with Gasteiger partial charge < -0.3 is 0 Å². The molecule has 0 N–H and O–H groups in total. The van der Waals surface area contributed by atoms with Gasteiger partial charge in [0, 0.05) is 12.4 Å². The van der Waals surface area contributed by atoms with Crippen molar-refractivity contribution in [2.24, 2.45) is 0 Å². The first kappa shape index (κ1) is 9.65. The van der Waals surface area contributed by atoms with E-state index in [0.29, 0.717) is 0 Å². The molecule has 1 heterocycles. The van der Waals surface area contributed by atoms with E-state index in [-0.39, 0.29) is 0 Å². The van der Waals surface area contributed by atoms with E-state index in [4.69, 9.17) is 0 Å². The highest BCUT2D eigenvalue weighted by Gasteiger charge is 1.95. The Kier molecular flexibility index (Phi) is 3.38. The molecule has 68 valence electrons. The van der Waals surface area contributed by atoms with Gasteiger partial charge in [0.25, 0.3) is 0 Å². The molecule has 2 nitrogen and oxygen atoms in total. The molecule has 0 saturated carbocycles. The summed E-state index contributed by atoms with van der Waals surface area (Å²) in [6, 6.07) is 6.00. The van der Waals surface area contributed by atoms with E-state index in [1.54, 1.807) is 12.4 Å². The fourth-order valence-corrected chi connectivity index (χ4v) is 1.14. The highest BCUT2D eigenvalue weighted by molar-refractivity contribution is 5.76. The number of nitrogens with zero attached hydrogens (tertiary/aromatic N) is 2. The Labute approximate surface area is 78.7 Å². The van der Waals surface area contributed by atoms with Gasteiger partial charge in [-0.3, -0.25) is 9.97 Å².